The summed E-state index contributed by atoms with van der Waals surface area (Å²) in [5.74, 6) is 1.76. The molecule has 0 atom stereocenters. The number of hydrogen-bond donors (Lipinski definition) is 1. The Hall–Kier alpha value is -2.30. The van der Waals surface area contributed by atoms with E-state index in [9.17, 15) is 4.79 Å². The molecule has 1 aromatic heterocycles. The first-order chi connectivity index (χ1) is 9.06. The van der Waals surface area contributed by atoms with Gasteiger partial charge in [0.05, 0.1) is 14.2 Å². The lowest BCUT2D eigenvalue weighted by atomic mass is 10.1. The van der Waals surface area contributed by atoms with Gasteiger partial charge in [-0.15, -0.1) is 0 Å². The Morgan fingerprint density at radius 1 is 1.11 bits per heavy atom. The second-order valence-electron chi connectivity index (χ2n) is 4.19. The molecule has 0 fully saturated rings. The summed E-state index contributed by atoms with van der Waals surface area (Å²) in [7, 11) is 3.14. The molecule has 0 saturated carbocycles. The minimum Gasteiger partial charge on any atom is -0.493 e. The Morgan fingerprint density at radius 2 is 1.79 bits per heavy atom. The van der Waals surface area contributed by atoms with Crippen LogP contribution in [0.3, 0.4) is 0 Å². The van der Waals surface area contributed by atoms with Gasteiger partial charge in [0.2, 0.25) is 0 Å². The molecule has 0 amide bonds. The first-order valence-electron chi connectivity index (χ1n) is 5.86. The van der Waals surface area contributed by atoms with Gasteiger partial charge in [-0.1, -0.05) is 0 Å². The highest BCUT2D eigenvalue weighted by atomic mass is 16.5. The molecule has 0 saturated heterocycles. The molecule has 2 rings (SSSR count). The molecule has 2 aromatic rings. The predicted molar refractivity (Wildman–Crippen MR) is 72.9 cm³/mol. The maximum absolute atomic E-state index is 11.8. The fourth-order valence-corrected chi connectivity index (χ4v) is 1.77. The summed E-state index contributed by atoms with van der Waals surface area (Å²) in [6.45, 7) is 3.56. The minimum atomic E-state index is -0.128. The van der Waals surface area contributed by atoms with E-state index in [4.69, 9.17) is 9.47 Å². The summed E-state index contributed by atoms with van der Waals surface area (Å²) in [6.07, 6.45) is 0. The molecule has 1 heterocycles. The third-order valence-electron chi connectivity index (χ3n) is 3.05. The summed E-state index contributed by atoms with van der Waals surface area (Å²) in [4.78, 5) is 18.9. The van der Waals surface area contributed by atoms with Crippen LogP contribution >= 0.6 is 0 Å². The summed E-state index contributed by atoms with van der Waals surface area (Å²) in [5.41, 5.74) is 1.99. The van der Waals surface area contributed by atoms with Gasteiger partial charge >= 0.3 is 0 Å². The van der Waals surface area contributed by atoms with E-state index in [0.717, 1.165) is 5.56 Å². The number of methoxy groups -OCH3 is 2. The summed E-state index contributed by atoms with van der Waals surface area (Å²) in [6, 6.07) is 5.39. The number of aromatic nitrogens is 2. The monoisotopic (exact) mass is 260 g/mol. The normalized spacial score (nSPS) is 10.3. The fraction of sp³-hybridized carbons (Fsp3) is 0.286. The molecule has 0 spiro atoms. The van der Waals surface area contributed by atoms with Gasteiger partial charge in [-0.2, -0.15) is 0 Å². The van der Waals surface area contributed by atoms with Crippen molar-refractivity contribution >= 4 is 0 Å². The number of ether oxygens (including phenoxy) is 2. The van der Waals surface area contributed by atoms with E-state index in [1.807, 2.05) is 13.0 Å². The van der Waals surface area contributed by atoms with E-state index in [2.05, 4.69) is 9.97 Å². The average molecular weight is 260 g/mol. The molecule has 19 heavy (non-hydrogen) atoms. The fourth-order valence-electron chi connectivity index (χ4n) is 1.77. The van der Waals surface area contributed by atoms with Crippen LogP contribution in [0.1, 0.15) is 11.3 Å². The minimum absolute atomic E-state index is 0.128. The van der Waals surface area contributed by atoms with Crippen LogP contribution in [0.25, 0.3) is 11.4 Å². The predicted octanol–water partition coefficient (Wildman–Crippen LogP) is 2.07. The van der Waals surface area contributed by atoms with Crippen molar-refractivity contribution in [2.24, 2.45) is 0 Å². The maximum Gasteiger partial charge on any atom is 0.254 e. The highest BCUT2D eigenvalue weighted by molar-refractivity contribution is 5.61. The van der Waals surface area contributed by atoms with Crippen LogP contribution < -0.4 is 15.0 Å². The van der Waals surface area contributed by atoms with Crippen molar-refractivity contribution in [3.63, 3.8) is 0 Å². The van der Waals surface area contributed by atoms with Crippen molar-refractivity contribution in [2.45, 2.75) is 13.8 Å². The van der Waals surface area contributed by atoms with Gasteiger partial charge in [0.25, 0.3) is 5.56 Å². The molecular weight excluding hydrogens is 244 g/mol. The zero-order valence-corrected chi connectivity index (χ0v) is 11.4. The summed E-state index contributed by atoms with van der Waals surface area (Å²) < 4.78 is 10.4. The lowest BCUT2D eigenvalue weighted by molar-refractivity contribution is 0.355. The van der Waals surface area contributed by atoms with E-state index in [0.29, 0.717) is 28.6 Å². The standard InChI is InChI=1S/C14H16N2O3/c1-8-9(2)15-13(16-14(8)17)10-5-6-11(18-3)12(7-10)19-4/h5-7H,1-4H3,(H,15,16,17). The van der Waals surface area contributed by atoms with Crippen LogP contribution in [-0.4, -0.2) is 24.2 Å². The third kappa shape index (κ3) is 2.45. The largest absolute Gasteiger partial charge is 0.493 e. The number of nitrogens with zero attached hydrogens (tertiary/aromatic N) is 1. The molecule has 1 aromatic carbocycles. The number of nitrogens with one attached hydrogen (secondary N) is 1. The van der Waals surface area contributed by atoms with Crippen molar-refractivity contribution in [3.8, 4) is 22.9 Å². The molecule has 1 N–H and O–H groups in total. The van der Waals surface area contributed by atoms with Gasteiger partial charge < -0.3 is 14.5 Å². The molecular formula is C14H16N2O3. The van der Waals surface area contributed by atoms with Gasteiger partial charge in [-0.25, -0.2) is 4.98 Å². The quantitative estimate of drug-likeness (QED) is 0.917. The van der Waals surface area contributed by atoms with Crippen molar-refractivity contribution in [2.75, 3.05) is 14.2 Å². The Kier molecular flexibility index (Phi) is 3.55. The molecule has 0 aliphatic heterocycles. The average Bonchev–Trinajstić information content (AvgIpc) is 2.43. The Labute approximate surface area is 111 Å². The zero-order valence-electron chi connectivity index (χ0n) is 11.4. The number of benzene rings is 1. The number of hydrogen-bond acceptors (Lipinski definition) is 4. The maximum atomic E-state index is 11.8. The first kappa shape index (κ1) is 13.1. The Bertz CT molecular complexity index is 662. The number of aryl methyl sites for hydroxylation is 1. The Morgan fingerprint density at radius 3 is 2.37 bits per heavy atom. The van der Waals surface area contributed by atoms with Crippen LogP contribution in [0.5, 0.6) is 11.5 Å². The topological polar surface area (TPSA) is 64.2 Å². The lowest BCUT2D eigenvalue weighted by Crippen LogP contribution is -2.14. The second kappa shape index (κ2) is 5.14. The molecule has 0 radical (unpaired) electrons. The Balaban J connectivity index is 2.56. The molecule has 5 nitrogen and oxygen atoms in total. The van der Waals surface area contributed by atoms with Crippen LogP contribution in [0.2, 0.25) is 0 Å². The highest BCUT2D eigenvalue weighted by Gasteiger charge is 2.09. The highest BCUT2D eigenvalue weighted by Crippen LogP contribution is 2.30. The van der Waals surface area contributed by atoms with Crippen LogP contribution in [0.15, 0.2) is 23.0 Å². The molecule has 0 bridgehead atoms. The van der Waals surface area contributed by atoms with Crippen molar-refractivity contribution in [1.29, 1.82) is 0 Å². The molecule has 5 heteroatoms. The molecule has 0 aliphatic carbocycles. The van der Waals surface area contributed by atoms with E-state index in [1.54, 1.807) is 33.3 Å². The summed E-state index contributed by atoms with van der Waals surface area (Å²) in [5, 5.41) is 0. The van der Waals surface area contributed by atoms with Crippen molar-refractivity contribution in [1.82, 2.24) is 9.97 Å². The van der Waals surface area contributed by atoms with Crippen LogP contribution in [-0.2, 0) is 0 Å². The van der Waals surface area contributed by atoms with Crippen LogP contribution in [0.4, 0.5) is 0 Å². The van der Waals surface area contributed by atoms with Crippen molar-refractivity contribution in [3.05, 3.63) is 39.8 Å². The van der Waals surface area contributed by atoms with Crippen molar-refractivity contribution < 1.29 is 9.47 Å². The van der Waals surface area contributed by atoms with Gasteiger partial charge in [0.1, 0.15) is 5.82 Å². The van der Waals surface area contributed by atoms with Gasteiger partial charge in [-0.05, 0) is 32.0 Å². The zero-order chi connectivity index (χ0) is 14.0. The van der Waals surface area contributed by atoms with E-state index in [-0.39, 0.29) is 5.56 Å². The SMILES string of the molecule is COc1ccc(-c2nc(C)c(C)c(=O)[nH]2)cc1OC. The number of rotatable bonds is 3. The third-order valence-corrected chi connectivity index (χ3v) is 3.05. The molecule has 100 valence electrons. The summed E-state index contributed by atoms with van der Waals surface area (Å²) >= 11 is 0. The van der Waals surface area contributed by atoms with E-state index >= 15 is 0 Å². The second-order valence-corrected chi connectivity index (χ2v) is 4.19. The number of aromatic amines is 1. The first-order valence-corrected chi connectivity index (χ1v) is 5.86. The smallest absolute Gasteiger partial charge is 0.254 e. The lowest BCUT2D eigenvalue weighted by Gasteiger charge is -2.10. The number of H-pyrrole nitrogens is 1. The molecule has 0 aliphatic rings. The van der Waals surface area contributed by atoms with E-state index in [1.165, 1.54) is 0 Å². The van der Waals surface area contributed by atoms with Gasteiger partial charge in [0.15, 0.2) is 11.5 Å². The van der Waals surface area contributed by atoms with Gasteiger partial charge in [0, 0.05) is 16.8 Å². The van der Waals surface area contributed by atoms with Gasteiger partial charge in [-0.3, -0.25) is 4.79 Å². The van der Waals surface area contributed by atoms with E-state index < -0.39 is 0 Å². The molecule has 0 unspecified atom stereocenters. The van der Waals surface area contributed by atoms with Crippen LogP contribution in [0, 0.1) is 13.8 Å².